The maximum absolute atomic E-state index is 14.0. The van der Waals surface area contributed by atoms with E-state index in [1.54, 1.807) is 22.3 Å². The molecule has 2 heterocycles. The normalized spacial score (nSPS) is 16.2. The number of aliphatic hydroxyl groups is 1. The fourth-order valence-electron chi connectivity index (χ4n) is 5.96. The highest BCUT2D eigenvalue weighted by molar-refractivity contribution is 7.92. The molecule has 1 saturated heterocycles. The van der Waals surface area contributed by atoms with Gasteiger partial charge in [-0.05, 0) is 66.1 Å². The van der Waals surface area contributed by atoms with Crippen LogP contribution in [-0.2, 0) is 29.2 Å². The van der Waals surface area contributed by atoms with Crippen LogP contribution in [-0.4, -0.2) is 68.8 Å². The van der Waals surface area contributed by atoms with Gasteiger partial charge in [-0.25, -0.2) is 8.42 Å². The molecule has 266 valence electrons. The second-order valence-electron chi connectivity index (χ2n) is 12.3. The molecule has 2 amide bonds. The molecule has 4 aromatic rings. The van der Waals surface area contributed by atoms with Gasteiger partial charge in [0, 0.05) is 42.7 Å². The molecule has 1 aliphatic rings. The zero-order valence-corrected chi connectivity index (χ0v) is 29.2. The first-order chi connectivity index (χ1) is 23.7. The van der Waals surface area contributed by atoms with Gasteiger partial charge in [-0.1, -0.05) is 54.6 Å². The number of aliphatic hydroxyl groups excluding tert-OH is 1. The van der Waals surface area contributed by atoms with Crippen LogP contribution in [0.5, 0.6) is 0 Å². The van der Waals surface area contributed by atoms with E-state index in [2.05, 4.69) is 10.6 Å². The number of thiophene rings is 1. The molecule has 14 heteroatoms. The molecule has 9 nitrogen and oxygen atoms in total. The highest BCUT2D eigenvalue weighted by Gasteiger charge is 2.33. The van der Waals surface area contributed by atoms with E-state index in [9.17, 15) is 36.3 Å². The van der Waals surface area contributed by atoms with Crippen LogP contribution in [0.1, 0.15) is 61.2 Å². The Kier molecular flexibility index (Phi) is 11.7. The Balaban J connectivity index is 1.39. The Morgan fingerprint density at radius 1 is 1.00 bits per heavy atom. The summed E-state index contributed by atoms with van der Waals surface area (Å²) in [5.41, 5.74) is 0.701. The van der Waals surface area contributed by atoms with Crippen molar-refractivity contribution in [3.8, 4) is 0 Å². The van der Waals surface area contributed by atoms with E-state index >= 15 is 0 Å². The Bertz CT molecular complexity index is 1890. The average molecular weight is 729 g/mol. The van der Waals surface area contributed by atoms with E-state index in [4.69, 9.17) is 0 Å². The van der Waals surface area contributed by atoms with Crippen molar-refractivity contribution < 1.29 is 36.3 Å². The van der Waals surface area contributed by atoms with Crippen molar-refractivity contribution in [1.82, 2.24) is 15.5 Å². The number of carbonyl (C=O) groups is 2. The number of nitrogens with one attached hydrogen (secondary N) is 2. The molecule has 1 fully saturated rings. The van der Waals surface area contributed by atoms with Crippen molar-refractivity contribution >= 4 is 38.9 Å². The van der Waals surface area contributed by atoms with Gasteiger partial charge in [0.1, 0.15) is 0 Å². The van der Waals surface area contributed by atoms with Gasteiger partial charge in [0.2, 0.25) is 10.0 Å². The minimum Gasteiger partial charge on any atom is -0.390 e. The molecular formula is C36H39F3N4O5S2. The molecule has 50 heavy (non-hydrogen) atoms. The predicted octanol–water partition coefficient (Wildman–Crippen LogP) is 5.63. The van der Waals surface area contributed by atoms with Crippen LogP contribution in [0, 0.1) is 0 Å². The van der Waals surface area contributed by atoms with Crippen molar-refractivity contribution in [2.75, 3.05) is 30.7 Å². The monoisotopic (exact) mass is 728 g/mol. The second kappa shape index (κ2) is 15.8. The largest absolute Gasteiger partial charge is 0.416 e. The van der Waals surface area contributed by atoms with Gasteiger partial charge in [0.25, 0.3) is 11.8 Å². The Hall–Kier alpha value is -4.24. The smallest absolute Gasteiger partial charge is 0.390 e. The number of alkyl halides is 3. The average Bonchev–Trinajstić information content (AvgIpc) is 3.80. The van der Waals surface area contributed by atoms with Gasteiger partial charge in [0.05, 0.1) is 35.7 Å². The number of hydrogen-bond acceptors (Lipinski definition) is 7. The predicted molar refractivity (Wildman–Crippen MR) is 188 cm³/mol. The van der Waals surface area contributed by atoms with Crippen molar-refractivity contribution in [2.45, 2.75) is 50.2 Å². The number of benzene rings is 3. The van der Waals surface area contributed by atoms with E-state index in [1.807, 2.05) is 47.8 Å². The number of amides is 2. The van der Waals surface area contributed by atoms with Gasteiger partial charge in [-0.15, -0.1) is 11.3 Å². The SMILES string of the molecule is CN(c1cc(C(=O)N[C@@H](Cc2ccccc2)[C@H](O)CNCc2cccc(C(F)(F)F)c2)cc(C(=O)N2CCCC2c2cccs2)c1)S(C)(=O)=O. The number of sulfonamides is 1. The molecule has 5 rings (SSSR count). The number of hydrogen-bond donors (Lipinski definition) is 3. The van der Waals surface area contributed by atoms with Gasteiger partial charge in [-0.2, -0.15) is 13.2 Å². The molecular weight excluding hydrogens is 690 g/mol. The van der Waals surface area contributed by atoms with Crippen LogP contribution in [0.25, 0.3) is 0 Å². The van der Waals surface area contributed by atoms with Crippen LogP contribution in [0.15, 0.2) is 90.3 Å². The van der Waals surface area contributed by atoms with E-state index in [0.29, 0.717) is 12.1 Å². The minimum absolute atomic E-state index is 0.0235. The number of rotatable bonds is 13. The van der Waals surface area contributed by atoms with Crippen molar-refractivity contribution in [3.05, 3.63) is 123 Å². The van der Waals surface area contributed by atoms with Crippen molar-refractivity contribution in [2.24, 2.45) is 0 Å². The third-order valence-corrected chi connectivity index (χ3v) is 10.9. The maximum Gasteiger partial charge on any atom is 0.416 e. The molecule has 1 aromatic heterocycles. The standard InChI is InChI=1S/C36H39F3N4O5S2/c1-42(50(2,47)48)29-20-26(19-27(21-29)35(46)43-15-7-13-31(43)33-14-8-16-49-33)34(45)41-30(18-24-9-4-3-5-10-24)32(44)23-40-22-25-11-6-12-28(17-25)36(37,38)39/h3-6,8-12,14,16-17,19-21,30-32,40,44H,7,13,15,18,22-23H2,1-2H3,(H,41,45)/t30-,31?,32+/m0/s1. The fourth-order valence-corrected chi connectivity index (χ4v) is 7.32. The molecule has 3 aromatic carbocycles. The van der Waals surface area contributed by atoms with E-state index < -0.39 is 39.8 Å². The van der Waals surface area contributed by atoms with Gasteiger partial charge in [0.15, 0.2) is 0 Å². The van der Waals surface area contributed by atoms with Crippen LogP contribution < -0.4 is 14.9 Å². The summed E-state index contributed by atoms with van der Waals surface area (Å²) in [4.78, 5) is 30.6. The minimum atomic E-state index is -4.49. The second-order valence-corrected chi connectivity index (χ2v) is 15.3. The maximum atomic E-state index is 14.0. The molecule has 1 aliphatic heterocycles. The lowest BCUT2D eigenvalue weighted by atomic mass is 9.99. The van der Waals surface area contributed by atoms with Gasteiger partial charge >= 0.3 is 6.18 Å². The fraction of sp³-hybridized carbons (Fsp3) is 0.333. The Morgan fingerprint density at radius 3 is 2.40 bits per heavy atom. The molecule has 1 unspecified atom stereocenters. The summed E-state index contributed by atoms with van der Waals surface area (Å²) >= 11 is 1.55. The summed E-state index contributed by atoms with van der Waals surface area (Å²) in [7, 11) is -2.42. The molecule has 0 aliphatic carbocycles. The summed E-state index contributed by atoms with van der Waals surface area (Å²) in [5.74, 6) is -0.977. The van der Waals surface area contributed by atoms with Crippen molar-refractivity contribution in [3.63, 3.8) is 0 Å². The van der Waals surface area contributed by atoms with Crippen LogP contribution in [0.2, 0.25) is 0 Å². The first-order valence-corrected chi connectivity index (χ1v) is 18.8. The summed E-state index contributed by atoms with van der Waals surface area (Å²) < 4.78 is 65.6. The van der Waals surface area contributed by atoms with E-state index in [-0.39, 0.29) is 48.3 Å². The highest BCUT2D eigenvalue weighted by Crippen LogP contribution is 2.36. The lowest BCUT2D eigenvalue weighted by Gasteiger charge is -2.27. The summed E-state index contributed by atoms with van der Waals surface area (Å²) in [6, 6.07) is 21.2. The highest BCUT2D eigenvalue weighted by atomic mass is 32.2. The van der Waals surface area contributed by atoms with Crippen LogP contribution >= 0.6 is 11.3 Å². The summed E-state index contributed by atoms with van der Waals surface area (Å²) in [5, 5.41) is 19.1. The van der Waals surface area contributed by atoms with E-state index in [0.717, 1.165) is 46.0 Å². The Morgan fingerprint density at radius 2 is 1.72 bits per heavy atom. The van der Waals surface area contributed by atoms with Crippen LogP contribution in [0.3, 0.4) is 0 Å². The lowest BCUT2D eigenvalue weighted by molar-refractivity contribution is -0.137. The summed E-state index contributed by atoms with van der Waals surface area (Å²) in [6.45, 7) is 0.489. The number of likely N-dealkylation sites (tertiary alicyclic amines) is 1. The van der Waals surface area contributed by atoms with Gasteiger partial charge < -0.3 is 20.6 Å². The van der Waals surface area contributed by atoms with Crippen molar-refractivity contribution in [1.29, 1.82) is 0 Å². The number of nitrogens with zero attached hydrogens (tertiary/aromatic N) is 2. The quantitative estimate of drug-likeness (QED) is 0.164. The molecule has 0 saturated carbocycles. The summed E-state index contributed by atoms with van der Waals surface area (Å²) in [6.07, 6.45) is -2.85. The lowest BCUT2D eigenvalue weighted by Crippen LogP contribution is -2.48. The number of carbonyl (C=O) groups excluding carboxylic acids is 2. The molecule has 0 bridgehead atoms. The number of anilines is 1. The molecule has 3 atom stereocenters. The molecule has 0 radical (unpaired) electrons. The zero-order chi connectivity index (χ0) is 36.1. The van der Waals surface area contributed by atoms with E-state index in [1.165, 1.54) is 31.3 Å². The first kappa shape index (κ1) is 37.0. The van der Waals surface area contributed by atoms with Crippen LogP contribution in [0.4, 0.5) is 18.9 Å². The molecule has 3 N–H and O–H groups in total. The third kappa shape index (κ3) is 9.30. The zero-order valence-electron chi connectivity index (χ0n) is 27.6. The van der Waals surface area contributed by atoms with Gasteiger partial charge in [-0.3, -0.25) is 13.9 Å². The first-order valence-electron chi connectivity index (χ1n) is 16.0. The third-order valence-electron chi connectivity index (χ3n) is 8.69. The Labute approximate surface area is 293 Å². The number of halogens is 3. The topological polar surface area (TPSA) is 119 Å². The molecule has 0 spiro atoms.